The largest absolute Gasteiger partial charge is 0.494 e. The van der Waals surface area contributed by atoms with Gasteiger partial charge in [0.15, 0.2) is 0 Å². The van der Waals surface area contributed by atoms with Crippen molar-refractivity contribution in [1.29, 1.82) is 0 Å². The Labute approximate surface area is 250 Å². The quantitative estimate of drug-likeness (QED) is 0.248. The Balaban J connectivity index is 1.36. The molecule has 3 atom stereocenters. The molecule has 42 heavy (non-hydrogen) atoms. The average molecular weight is 576 g/mol. The predicted octanol–water partition coefficient (Wildman–Crippen LogP) is 6.52. The molecule has 0 aromatic heterocycles. The van der Waals surface area contributed by atoms with Gasteiger partial charge in [-0.05, 0) is 61.6 Å². The molecule has 226 valence electrons. The Morgan fingerprint density at radius 2 is 1.52 bits per heavy atom. The Bertz CT molecular complexity index is 1220. The van der Waals surface area contributed by atoms with E-state index in [-0.39, 0.29) is 12.5 Å². The van der Waals surface area contributed by atoms with E-state index in [9.17, 15) is 9.90 Å². The molecule has 1 fully saturated rings. The number of hydrogen-bond acceptors (Lipinski definition) is 6. The summed E-state index contributed by atoms with van der Waals surface area (Å²) in [5.74, 6) is 0.454. The molecule has 1 amide bonds. The van der Waals surface area contributed by atoms with Gasteiger partial charge in [0, 0.05) is 12.3 Å². The van der Waals surface area contributed by atoms with E-state index < -0.39 is 23.9 Å². The van der Waals surface area contributed by atoms with Crippen LogP contribution in [0.4, 0.5) is 4.79 Å². The highest BCUT2D eigenvalue weighted by molar-refractivity contribution is 5.68. The molecule has 3 unspecified atom stereocenters. The standard InChI is InChI=1S/C35H45NO6/c1-5-26-12-14-28(15-13-26)25-41-32-23-36(34(38)42-35(2,3)4)22-31(37)33(32)29-16-18-30(19-17-29)40-21-9-20-39-24-27-10-7-6-8-11-27/h6-8,10-19,31-33,37H,5,9,20-25H2,1-4H3. The molecule has 0 radical (unpaired) electrons. The van der Waals surface area contributed by atoms with E-state index in [0.29, 0.717) is 33.0 Å². The minimum atomic E-state index is -0.813. The summed E-state index contributed by atoms with van der Waals surface area (Å²) in [5.41, 5.74) is 3.79. The maximum atomic E-state index is 12.9. The number of aliphatic hydroxyl groups excluding tert-OH is 1. The fourth-order valence-corrected chi connectivity index (χ4v) is 5.04. The van der Waals surface area contributed by atoms with Crippen LogP contribution in [-0.4, -0.2) is 60.2 Å². The first-order valence-corrected chi connectivity index (χ1v) is 14.9. The fraction of sp³-hybridized carbons (Fsp3) is 0.457. The number of carbonyl (C=O) groups is 1. The zero-order chi connectivity index (χ0) is 30.0. The topological polar surface area (TPSA) is 77.5 Å². The van der Waals surface area contributed by atoms with E-state index in [1.165, 1.54) is 5.56 Å². The van der Waals surface area contributed by atoms with Gasteiger partial charge in [-0.2, -0.15) is 0 Å². The summed E-state index contributed by atoms with van der Waals surface area (Å²) in [6, 6.07) is 26.3. The van der Waals surface area contributed by atoms with Crippen molar-refractivity contribution in [3.63, 3.8) is 0 Å². The molecule has 1 aliphatic rings. The summed E-state index contributed by atoms with van der Waals surface area (Å²) < 4.78 is 23.7. The van der Waals surface area contributed by atoms with Gasteiger partial charge in [-0.25, -0.2) is 4.79 Å². The van der Waals surface area contributed by atoms with Crippen molar-refractivity contribution in [3.05, 3.63) is 101 Å². The van der Waals surface area contributed by atoms with Crippen LogP contribution in [0.5, 0.6) is 5.75 Å². The number of rotatable bonds is 12. The average Bonchev–Trinajstić information content (AvgIpc) is 2.98. The summed E-state index contributed by atoms with van der Waals surface area (Å²) in [4.78, 5) is 14.4. The van der Waals surface area contributed by atoms with Gasteiger partial charge >= 0.3 is 6.09 Å². The third-order valence-corrected chi connectivity index (χ3v) is 7.25. The number of aryl methyl sites for hydroxylation is 1. The van der Waals surface area contributed by atoms with Crippen molar-refractivity contribution in [2.75, 3.05) is 26.3 Å². The second kappa shape index (κ2) is 15.2. The van der Waals surface area contributed by atoms with Gasteiger partial charge in [-0.3, -0.25) is 0 Å². The van der Waals surface area contributed by atoms with Crippen molar-refractivity contribution in [2.45, 2.75) is 77.5 Å². The first-order valence-electron chi connectivity index (χ1n) is 14.9. The molecule has 7 nitrogen and oxygen atoms in total. The molecule has 1 aliphatic heterocycles. The van der Waals surface area contributed by atoms with Crippen molar-refractivity contribution in [3.8, 4) is 5.75 Å². The highest BCUT2D eigenvalue weighted by Crippen LogP contribution is 2.33. The monoisotopic (exact) mass is 575 g/mol. The van der Waals surface area contributed by atoms with E-state index in [1.807, 2.05) is 63.2 Å². The second-order valence-electron chi connectivity index (χ2n) is 11.8. The van der Waals surface area contributed by atoms with Crippen LogP contribution in [0.2, 0.25) is 0 Å². The van der Waals surface area contributed by atoms with Gasteiger partial charge in [-0.15, -0.1) is 0 Å². The van der Waals surface area contributed by atoms with E-state index in [0.717, 1.165) is 35.3 Å². The van der Waals surface area contributed by atoms with Gasteiger partial charge in [0.2, 0.25) is 0 Å². The molecule has 1 heterocycles. The highest BCUT2D eigenvalue weighted by Gasteiger charge is 2.40. The summed E-state index contributed by atoms with van der Waals surface area (Å²) in [5, 5.41) is 11.3. The Morgan fingerprint density at radius 1 is 0.857 bits per heavy atom. The lowest BCUT2D eigenvalue weighted by molar-refractivity contribution is -0.0756. The molecule has 4 rings (SSSR count). The third-order valence-electron chi connectivity index (χ3n) is 7.25. The molecule has 7 heteroatoms. The predicted molar refractivity (Wildman–Crippen MR) is 164 cm³/mol. The van der Waals surface area contributed by atoms with Gasteiger partial charge in [0.1, 0.15) is 11.4 Å². The number of amides is 1. The van der Waals surface area contributed by atoms with Crippen LogP contribution >= 0.6 is 0 Å². The van der Waals surface area contributed by atoms with Gasteiger partial charge in [-0.1, -0.05) is 73.7 Å². The zero-order valence-corrected chi connectivity index (χ0v) is 25.3. The maximum absolute atomic E-state index is 12.9. The number of ether oxygens (including phenoxy) is 4. The molecule has 1 saturated heterocycles. The smallest absolute Gasteiger partial charge is 0.410 e. The summed E-state index contributed by atoms with van der Waals surface area (Å²) in [6.45, 7) is 10.3. The molecule has 3 aromatic carbocycles. The molecule has 0 bridgehead atoms. The first-order chi connectivity index (χ1) is 20.2. The van der Waals surface area contributed by atoms with Crippen molar-refractivity contribution < 1.29 is 28.8 Å². The van der Waals surface area contributed by atoms with Gasteiger partial charge in [0.25, 0.3) is 0 Å². The van der Waals surface area contributed by atoms with Crippen LogP contribution in [0, 0.1) is 0 Å². The Kier molecular flexibility index (Phi) is 11.4. The summed E-state index contributed by atoms with van der Waals surface area (Å²) in [6.07, 6.45) is 0.0845. The summed E-state index contributed by atoms with van der Waals surface area (Å²) >= 11 is 0. The minimum absolute atomic E-state index is 0.172. The number of carbonyl (C=O) groups excluding carboxylic acids is 1. The van der Waals surface area contributed by atoms with E-state index in [4.69, 9.17) is 18.9 Å². The zero-order valence-electron chi connectivity index (χ0n) is 25.3. The lowest BCUT2D eigenvalue weighted by Gasteiger charge is -2.42. The third kappa shape index (κ3) is 9.58. The number of likely N-dealkylation sites (tertiary alicyclic amines) is 1. The van der Waals surface area contributed by atoms with Crippen molar-refractivity contribution in [2.24, 2.45) is 0 Å². The van der Waals surface area contributed by atoms with Crippen molar-refractivity contribution in [1.82, 2.24) is 4.90 Å². The molecular formula is C35H45NO6. The van der Waals surface area contributed by atoms with Crippen LogP contribution in [0.3, 0.4) is 0 Å². The number of nitrogens with zero attached hydrogens (tertiary/aromatic N) is 1. The van der Waals surface area contributed by atoms with Crippen LogP contribution in [0.15, 0.2) is 78.9 Å². The van der Waals surface area contributed by atoms with Crippen LogP contribution < -0.4 is 4.74 Å². The lowest BCUT2D eigenvalue weighted by atomic mass is 9.84. The van der Waals surface area contributed by atoms with Crippen LogP contribution in [0.1, 0.15) is 62.3 Å². The lowest BCUT2D eigenvalue weighted by Crippen LogP contribution is -2.54. The number of β-amino-alcohol motifs (C(OH)–C–C–N with tert-alkyl or cyclic N) is 1. The first kappa shape index (κ1) is 31.5. The Hall–Kier alpha value is -3.39. The van der Waals surface area contributed by atoms with Crippen LogP contribution in [0.25, 0.3) is 0 Å². The number of piperidine rings is 1. The molecular weight excluding hydrogens is 530 g/mol. The van der Waals surface area contributed by atoms with Crippen LogP contribution in [-0.2, 0) is 33.8 Å². The minimum Gasteiger partial charge on any atom is -0.494 e. The fourth-order valence-electron chi connectivity index (χ4n) is 5.04. The SMILES string of the molecule is CCc1ccc(COC2CN(C(=O)OC(C)(C)C)CC(O)C2c2ccc(OCCCOCc3ccccc3)cc2)cc1. The number of aliphatic hydroxyl groups is 1. The molecule has 0 saturated carbocycles. The second-order valence-corrected chi connectivity index (χ2v) is 11.8. The summed E-state index contributed by atoms with van der Waals surface area (Å²) in [7, 11) is 0. The highest BCUT2D eigenvalue weighted by atomic mass is 16.6. The molecule has 0 spiro atoms. The van der Waals surface area contributed by atoms with Gasteiger partial charge in [0.05, 0.1) is 51.7 Å². The van der Waals surface area contributed by atoms with Crippen molar-refractivity contribution >= 4 is 6.09 Å². The number of benzene rings is 3. The van der Waals surface area contributed by atoms with E-state index in [2.05, 4.69) is 43.3 Å². The molecule has 0 aliphatic carbocycles. The Morgan fingerprint density at radius 3 is 2.19 bits per heavy atom. The molecule has 1 N–H and O–H groups in total. The maximum Gasteiger partial charge on any atom is 0.410 e. The normalized spacial score (nSPS) is 19.0. The molecule has 3 aromatic rings. The van der Waals surface area contributed by atoms with E-state index in [1.54, 1.807) is 4.90 Å². The van der Waals surface area contributed by atoms with Gasteiger partial charge < -0.3 is 29.0 Å². The number of hydrogen-bond donors (Lipinski definition) is 1. The van der Waals surface area contributed by atoms with E-state index >= 15 is 0 Å².